The van der Waals surface area contributed by atoms with E-state index in [2.05, 4.69) is 10.3 Å². The second kappa shape index (κ2) is 12.3. The van der Waals surface area contributed by atoms with Crippen LogP contribution in [0.2, 0.25) is 0 Å². The molecule has 1 aromatic carbocycles. The molecule has 12 heteroatoms. The summed E-state index contributed by atoms with van der Waals surface area (Å²) in [4.78, 5) is 30.5. The smallest absolute Gasteiger partial charge is 0.264 e. The summed E-state index contributed by atoms with van der Waals surface area (Å²) in [5.74, 6) is -2.99. The first kappa shape index (κ1) is 27.6. The van der Waals surface area contributed by atoms with E-state index >= 15 is 0 Å². The van der Waals surface area contributed by atoms with Gasteiger partial charge >= 0.3 is 0 Å². The molecule has 2 aromatic heterocycles. The number of hydrogen-bond donors (Lipinski definition) is 4. The average Bonchev–Trinajstić information content (AvgIpc) is 2.84. The number of carbonyl (C=O) groups is 1. The molecule has 0 radical (unpaired) electrons. The number of hydrogen-bond acceptors (Lipinski definition) is 8. The van der Waals surface area contributed by atoms with Gasteiger partial charge in [-0.1, -0.05) is 19.1 Å². The van der Waals surface area contributed by atoms with Gasteiger partial charge in [-0.25, -0.2) is 4.39 Å². The second-order valence-corrected chi connectivity index (χ2v) is 9.42. The van der Waals surface area contributed by atoms with Gasteiger partial charge < -0.3 is 30.4 Å². The van der Waals surface area contributed by atoms with E-state index in [4.69, 9.17) is 5.73 Å². The van der Waals surface area contributed by atoms with Gasteiger partial charge in [0.2, 0.25) is 0 Å². The van der Waals surface area contributed by atoms with Crippen LogP contribution in [0.5, 0.6) is 0 Å². The van der Waals surface area contributed by atoms with Crippen LogP contribution in [0.1, 0.15) is 39.9 Å². The Bertz CT molecular complexity index is 1310. The number of rotatable bonds is 12. The summed E-state index contributed by atoms with van der Waals surface area (Å²) in [5, 5.41) is 22.5. The number of benzene rings is 1. The van der Waals surface area contributed by atoms with Crippen molar-refractivity contribution in [2.75, 3.05) is 25.6 Å². The molecule has 36 heavy (non-hydrogen) atoms. The maximum Gasteiger partial charge on any atom is 0.264 e. The molecule has 0 saturated carbocycles. The minimum atomic E-state index is -2.33. The van der Waals surface area contributed by atoms with Crippen LogP contribution in [0, 0.1) is 11.7 Å². The number of aliphatic hydroxyl groups excluding tert-OH is 2. The molecule has 1 amide bonds. The number of fused-ring (bicyclic) bond motifs is 1. The van der Waals surface area contributed by atoms with Gasteiger partial charge in [0.05, 0.1) is 23.5 Å². The largest absolute Gasteiger partial charge is 0.771 e. The molecule has 3 aromatic rings. The van der Waals surface area contributed by atoms with Gasteiger partial charge in [0, 0.05) is 37.4 Å². The number of primary amides is 1. The van der Waals surface area contributed by atoms with Crippen molar-refractivity contribution < 1.29 is 28.2 Å². The summed E-state index contributed by atoms with van der Waals surface area (Å²) in [6.45, 7) is 0.996. The molecule has 2 heterocycles. The summed E-state index contributed by atoms with van der Waals surface area (Å²) in [6.07, 6.45) is 1.94. The van der Waals surface area contributed by atoms with Crippen molar-refractivity contribution in [3.63, 3.8) is 0 Å². The SMILES string of the molecule is CC(CO)C(CO)c1c(C(N)=O)c(=O)n(CCNCS(=O)[O-])c2cc(Cc3ccc(F)cc3)cnc12. The summed E-state index contributed by atoms with van der Waals surface area (Å²) in [7, 11) is 0. The van der Waals surface area contributed by atoms with Crippen molar-refractivity contribution in [1.29, 1.82) is 0 Å². The lowest BCUT2D eigenvalue weighted by molar-refractivity contribution is 0.0994. The van der Waals surface area contributed by atoms with E-state index in [1.807, 2.05) is 0 Å². The number of pyridine rings is 2. The minimum absolute atomic E-state index is 0.00806. The Balaban J connectivity index is 2.23. The Kier molecular flexibility index (Phi) is 9.40. The third-order valence-electron chi connectivity index (χ3n) is 6.04. The number of aliphatic hydroxyl groups is 2. The van der Waals surface area contributed by atoms with Gasteiger partial charge in [0.15, 0.2) is 0 Å². The van der Waals surface area contributed by atoms with Gasteiger partial charge in [-0.05, 0) is 52.7 Å². The van der Waals surface area contributed by atoms with Crippen LogP contribution in [0.3, 0.4) is 0 Å². The van der Waals surface area contributed by atoms with E-state index in [1.165, 1.54) is 16.7 Å². The van der Waals surface area contributed by atoms with E-state index < -0.39 is 41.0 Å². The zero-order valence-electron chi connectivity index (χ0n) is 19.6. The molecule has 0 aliphatic rings. The van der Waals surface area contributed by atoms with Crippen molar-refractivity contribution in [3.05, 3.63) is 75.0 Å². The Morgan fingerprint density at radius 2 is 1.94 bits per heavy atom. The van der Waals surface area contributed by atoms with Crippen LogP contribution in [-0.2, 0) is 24.0 Å². The Morgan fingerprint density at radius 1 is 1.25 bits per heavy atom. The van der Waals surface area contributed by atoms with E-state index in [-0.39, 0.29) is 48.0 Å². The zero-order chi connectivity index (χ0) is 26.4. The highest BCUT2D eigenvalue weighted by Gasteiger charge is 2.30. The van der Waals surface area contributed by atoms with Gasteiger partial charge in [-0.3, -0.25) is 18.8 Å². The van der Waals surface area contributed by atoms with Crippen molar-refractivity contribution in [3.8, 4) is 0 Å². The Labute approximate surface area is 209 Å². The summed E-state index contributed by atoms with van der Waals surface area (Å²) in [5.41, 5.74) is 6.83. The molecule has 5 N–H and O–H groups in total. The van der Waals surface area contributed by atoms with Gasteiger partial charge in [0.25, 0.3) is 11.5 Å². The summed E-state index contributed by atoms with van der Waals surface area (Å²) >= 11 is -2.33. The average molecular weight is 520 g/mol. The fourth-order valence-corrected chi connectivity index (χ4v) is 4.48. The van der Waals surface area contributed by atoms with E-state index in [9.17, 15) is 33.0 Å². The van der Waals surface area contributed by atoms with Gasteiger partial charge in [-0.15, -0.1) is 0 Å². The molecule has 0 bridgehead atoms. The lowest BCUT2D eigenvalue weighted by Crippen LogP contribution is -2.36. The predicted octanol–water partition coefficient (Wildman–Crippen LogP) is 0.356. The molecular formula is C24H28FN4O6S-. The lowest BCUT2D eigenvalue weighted by atomic mass is 9.84. The molecule has 194 valence electrons. The minimum Gasteiger partial charge on any atom is -0.771 e. The Hall–Kier alpha value is -3.03. The molecule has 3 unspecified atom stereocenters. The maximum absolute atomic E-state index is 13.5. The van der Waals surface area contributed by atoms with Crippen LogP contribution >= 0.6 is 0 Å². The topological polar surface area (TPSA) is 171 Å². The predicted molar refractivity (Wildman–Crippen MR) is 132 cm³/mol. The van der Waals surface area contributed by atoms with E-state index in [1.54, 1.807) is 31.3 Å². The number of halogens is 1. The van der Waals surface area contributed by atoms with Crippen molar-refractivity contribution in [2.45, 2.75) is 25.8 Å². The molecule has 0 saturated heterocycles. The van der Waals surface area contributed by atoms with E-state index in [0.717, 1.165) is 5.56 Å². The highest BCUT2D eigenvalue weighted by Crippen LogP contribution is 2.32. The molecule has 0 fully saturated rings. The quantitative estimate of drug-likeness (QED) is 0.196. The number of nitrogens with one attached hydrogen (secondary N) is 1. The fraction of sp³-hybridized carbons (Fsp3) is 0.375. The second-order valence-electron chi connectivity index (χ2n) is 8.52. The summed E-state index contributed by atoms with van der Waals surface area (Å²) in [6, 6.07) is 7.65. The van der Waals surface area contributed by atoms with Crippen molar-refractivity contribution in [2.24, 2.45) is 11.7 Å². The number of aromatic nitrogens is 2. The normalized spacial score (nSPS) is 14.0. The highest BCUT2D eigenvalue weighted by molar-refractivity contribution is 7.79. The van der Waals surface area contributed by atoms with Crippen LogP contribution in [0.15, 0.2) is 41.3 Å². The molecule has 0 spiro atoms. The van der Waals surface area contributed by atoms with Crippen LogP contribution in [0.4, 0.5) is 4.39 Å². The Morgan fingerprint density at radius 3 is 2.53 bits per heavy atom. The van der Waals surface area contributed by atoms with E-state index in [0.29, 0.717) is 17.5 Å². The number of nitrogens with zero attached hydrogens (tertiary/aromatic N) is 2. The maximum atomic E-state index is 13.5. The van der Waals surface area contributed by atoms with Crippen LogP contribution in [-0.4, -0.2) is 60.1 Å². The highest BCUT2D eigenvalue weighted by atomic mass is 32.2. The standard InChI is InChI=1S/C24H29FN4O6S/c1-14(11-30)18(12-31)20-21(23(26)32)24(33)29(7-6-27-13-36(34)35)19-9-16(10-28-22(19)20)8-15-2-4-17(25)5-3-15/h2-5,9-10,14,18,27,30-31H,6-8,11-13H2,1H3,(H2,26,32)(H,34,35)/p-1. The van der Waals surface area contributed by atoms with Crippen LogP contribution < -0.4 is 16.6 Å². The first-order valence-electron chi connectivity index (χ1n) is 11.3. The number of nitrogens with two attached hydrogens (primary N) is 1. The first-order valence-corrected chi connectivity index (χ1v) is 12.5. The molecule has 0 aliphatic heterocycles. The molecular weight excluding hydrogens is 491 g/mol. The molecule has 3 rings (SSSR count). The summed E-state index contributed by atoms with van der Waals surface area (Å²) < 4.78 is 36.3. The monoisotopic (exact) mass is 519 g/mol. The van der Waals surface area contributed by atoms with Crippen LogP contribution in [0.25, 0.3) is 11.0 Å². The molecule has 0 aliphatic carbocycles. The van der Waals surface area contributed by atoms with Crippen molar-refractivity contribution in [1.82, 2.24) is 14.9 Å². The third kappa shape index (κ3) is 6.20. The fourth-order valence-electron chi connectivity index (χ4n) is 4.17. The third-order valence-corrected chi connectivity index (χ3v) is 6.48. The zero-order valence-corrected chi connectivity index (χ0v) is 20.5. The first-order chi connectivity index (χ1) is 17.2. The lowest BCUT2D eigenvalue weighted by Gasteiger charge is -2.25. The number of amides is 1. The molecule has 3 atom stereocenters. The van der Waals surface area contributed by atoms with Gasteiger partial charge in [-0.2, -0.15) is 0 Å². The molecule has 10 nitrogen and oxygen atoms in total. The van der Waals surface area contributed by atoms with Crippen molar-refractivity contribution >= 4 is 28.0 Å². The van der Waals surface area contributed by atoms with Gasteiger partial charge in [0.1, 0.15) is 11.4 Å². The number of carbonyl (C=O) groups excluding carboxylic acids is 1.